The average molecular weight is 1190 g/mol. The number of carbonyl (C=O) groups is 5. The molecule has 6 aromatic rings. The number of ether oxygens (including phenoxy) is 3. The van der Waals surface area contributed by atoms with Crippen molar-refractivity contribution in [3.05, 3.63) is 131 Å². The fourth-order valence-electron chi connectivity index (χ4n) is 9.68. The maximum absolute atomic E-state index is 14.1. The topological polar surface area (TPSA) is 246 Å². The van der Waals surface area contributed by atoms with Gasteiger partial charge in [0.1, 0.15) is 35.7 Å². The number of carbonyl (C=O) groups excluding carboxylic acids is 5. The number of unbranched alkanes of at least 4 members (excludes halogenated alkanes) is 4. The Bertz CT molecular complexity index is 3070. The van der Waals surface area contributed by atoms with Crippen molar-refractivity contribution in [2.45, 2.75) is 137 Å². The zero-order chi connectivity index (χ0) is 60.4. The van der Waals surface area contributed by atoms with E-state index in [1.807, 2.05) is 62.0 Å². The minimum absolute atomic E-state index is 0.0303. The molecule has 1 aliphatic rings. The Kier molecular flexibility index (Phi) is 25.8. The van der Waals surface area contributed by atoms with Crippen LogP contribution in [0.3, 0.4) is 0 Å². The Balaban J connectivity index is 0.681. The second-order valence-electron chi connectivity index (χ2n) is 21.9. The van der Waals surface area contributed by atoms with Gasteiger partial charge < -0.3 is 50.3 Å². The molecule has 456 valence electrons. The summed E-state index contributed by atoms with van der Waals surface area (Å²) in [5.41, 5.74) is 5.60. The van der Waals surface area contributed by atoms with Crippen LogP contribution < -0.4 is 26.6 Å². The lowest BCUT2D eigenvalue weighted by molar-refractivity contribution is -0.144. The quantitative estimate of drug-likeness (QED) is 0.0234. The van der Waals surface area contributed by atoms with E-state index in [2.05, 4.69) is 51.7 Å². The molecular formula is C62H80F2N12O8S. The summed E-state index contributed by atoms with van der Waals surface area (Å²) in [6.07, 6.45) is 10.3. The molecule has 23 heteroatoms. The number of anilines is 1. The molecule has 3 aromatic carbocycles. The monoisotopic (exact) mass is 1190 g/mol. The van der Waals surface area contributed by atoms with E-state index in [0.717, 1.165) is 65.9 Å². The van der Waals surface area contributed by atoms with Gasteiger partial charge in [0.05, 0.1) is 49.1 Å². The highest BCUT2D eigenvalue weighted by molar-refractivity contribution is 7.13. The molecule has 20 nitrogen and oxygen atoms in total. The predicted octanol–water partition coefficient (Wildman–Crippen LogP) is 8.50. The molecule has 85 heavy (non-hydrogen) atoms. The lowest BCUT2D eigenvalue weighted by Gasteiger charge is -2.35. The van der Waals surface area contributed by atoms with E-state index in [4.69, 9.17) is 14.2 Å². The van der Waals surface area contributed by atoms with Crippen LogP contribution in [0.2, 0.25) is 0 Å². The predicted molar refractivity (Wildman–Crippen MR) is 320 cm³/mol. The number of hydrogen-bond donors (Lipinski definition) is 5. The van der Waals surface area contributed by atoms with Crippen molar-refractivity contribution in [1.29, 1.82) is 0 Å². The summed E-state index contributed by atoms with van der Waals surface area (Å²) in [6, 6.07) is 18.7. The molecule has 1 fully saturated rings. The van der Waals surface area contributed by atoms with Crippen molar-refractivity contribution < 1.29 is 47.0 Å². The van der Waals surface area contributed by atoms with Crippen LogP contribution >= 0.6 is 11.3 Å². The number of aromatic nitrogens is 6. The van der Waals surface area contributed by atoms with E-state index in [9.17, 15) is 32.8 Å². The number of thiazole rings is 1. The molecule has 4 heterocycles. The van der Waals surface area contributed by atoms with Gasteiger partial charge in [0.25, 0.3) is 5.91 Å². The van der Waals surface area contributed by atoms with E-state index < -0.39 is 35.0 Å². The number of nitrogens with zero attached hydrogens (tertiary/aromatic N) is 7. The van der Waals surface area contributed by atoms with Crippen molar-refractivity contribution >= 4 is 46.6 Å². The largest absolute Gasteiger partial charge is 0.379 e. The summed E-state index contributed by atoms with van der Waals surface area (Å²) in [5.74, 6) is -1.46. The zero-order valence-corrected chi connectivity index (χ0v) is 50.0. The van der Waals surface area contributed by atoms with Crippen LogP contribution in [0.5, 0.6) is 0 Å². The number of benzene rings is 3. The minimum Gasteiger partial charge on any atom is -0.379 e. The molecule has 0 bridgehead atoms. The van der Waals surface area contributed by atoms with Crippen molar-refractivity contribution in [2.75, 3.05) is 58.0 Å². The van der Waals surface area contributed by atoms with Crippen LogP contribution in [0.25, 0.3) is 22.0 Å². The first-order chi connectivity index (χ1) is 41.2. The van der Waals surface area contributed by atoms with Crippen LogP contribution in [0, 0.1) is 24.0 Å². The molecule has 7 rings (SSSR count). The van der Waals surface area contributed by atoms with Crippen molar-refractivity contribution in [1.82, 2.24) is 55.9 Å². The van der Waals surface area contributed by atoms with E-state index in [1.165, 1.54) is 12.4 Å². The highest BCUT2D eigenvalue weighted by Gasteiger charge is 2.42. The second kappa shape index (κ2) is 33.8. The third kappa shape index (κ3) is 20.6. The number of hydrogen-bond acceptors (Lipinski definition) is 15. The third-order valence-electron chi connectivity index (χ3n) is 14.4. The molecule has 2 atom stereocenters. The van der Waals surface area contributed by atoms with Gasteiger partial charge in [0.2, 0.25) is 23.6 Å². The zero-order valence-electron chi connectivity index (χ0n) is 49.1. The normalized spacial score (nSPS) is 13.6. The van der Waals surface area contributed by atoms with Gasteiger partial charge in [0.15, 0.2) is 11.6 Å². The summed E-state index contributed by atoms with van der Waals surface area (Å²) in [6.45, 7) is 12.4. The van der Waals surface area contributed by atoms with Crippen LogP contribution in [0.1, 0.15) is 124 Å². The number of halogens is 2. The first-order valence-electron chi connectivity index (χ1n) is 29.3. The SMILES string of the molecule is Cc1ncsc1-c1ccc(CNC(=O)[C@@H]2CCCN2C(=O)C(NC(=O)CCCCCOCCOCCOCCCCCC(=O)NCCCn2c(CNc3cccc(C(=O)NCc4c(F)cccc4F)c3)nnc2-c2ccncn2)C(C)(C)C)cc1. The molecule has 0 spiro atoms. The summed E-state index contributed by atoms with van der Waals surface area (Å²) in [5, 5.41) is 23.7. The van der Waals surface area contributed by atoms with Gasteiger partial charge >= 0.3 is 0 Å². The molecule has 0 saturated carbocycles. The molecule has 1 saturated heterocycles. The molecule has 3 aromatic heterocycles. The Labute approximate surface area is 500 Å². The number of likely N-dealkylation sites (tertiary alicyclic amines) is 1. The van der Waals surface area contributed by atoms with Crippen LogP contribution in [-0.2, 0) is 59.6 Å². The standard InChI is InChI=1S/C62H80F2N12O8S/c1-43-56(85-42-71-43)45-24-22-44(23-25-45)38-68-60(80)52-19-13-29-75(52)61(81)57(62(2,3)4)72-55(78)21-8-6-10-32-83-34-36-84-35-33-82-31-9-5-7-20-54(77)66-27-14-30-76-53(73-74-58(76)51-26-28-65-41-70-51)40-67-47-16-11-15-46(37-47)59(79)69-39-48-49(63)17-12-18-50(48)64/h11-12,15-18,22-26,28,37,41-42,52,57,67H,5-10,13-14,19-21,27,29-36,38-40H2,1-4H3,(H,66,77)(H,68,80)(H,69,79)(H,72,78)/t52-,57?/m0/s1. The summed E-state index contributed by atoms with van der Waals surface area (Å²) in [7, 11) is 0. The van der Waals surface area contributed by atoms with E-state index in [-0.39, 0.29) is 48.7 Å². The molecule has 1 aliphatic heterocycles. The molecule has 5 amide bonds. The smallest absolute Gasteiger partial charge is 0.251 e. The number of nitrogens with one attached hydrogen (secondary N) is 5. The third-order valence-corrected chi connectivity index (χ3v) is 15.4. The summed E-state index contributed by atoms with van der Waals surface area (Å²) in [4.78, 5) is 81.5. The molecule has 5 N–H and O–H groups in total. The number of aryl methyl sites for hydroxylation is 1. The first-order valence-corrected chi connectivity index (χ1v) is 30.1. The maximum Gasteiger partial charge on any atom is 0.251 e. The Morgan fingerprint density at radius 3 is 2.11 bits per heavy atom. The fraction of sp³-hybridized carbons (Fsp3) is 0.484. The first kappa shape index (κ1) is 65.0. The summed E-state index contributed by atoms with van der Waals surface area (Å²) < 4.78 is 47.2. The number of amides is 5. The van der Waals surface area contributed by atoms with Gasteiger partial charge in [-0.25, -0.2) is 23.7 Å². The van der Waals surface area contributed by atoms with E-state index in [0.29, 0.717) is 127 Å². The maximum atomic E-state index is 14.1. The second-order valence-corrected chi connectivity index (χ2v) is 22.8. The van der Waals surface area contributed by atoms with Crippen LogP contribution in [0.4, 0.5) is 14.5 Å². The van der Waals surface area contributed by atoms with Gasteiger partial charge in [-0.2, -0.15) is 0 Å². The van der Waals surface area contributed by atoms with Crippen molar-refractivity contribution in [2.24, 2.45) is 5.41 Å². The average Bonchev–Trinajstić information content (AvgIpc) is 4.44. The van der Waals surface area contributed by atoms with Crippen molar-refractivity contribution in [3.8, 4) is 22.0 Å². The Morgan fingerprint density at radius 2 is 1.44 bits per heavy atom. The molecule has 1 unspecified atom stereocenters. The minimum atomic E-state index is -0.766. The van der Waals surface area contributed by atoms with Crippen LogP contribution in [0.15, 0.2) is 90.8 Å². The van der Waals surface area contributed by atoms with Gasteiger partial charge in [-0.05, 0) is 105 Å². The highest BCUT2D eigenvalue weighted by atomic mass is 32.1. The Hall–Kier alpha value is -7.60. The fourth-order valence-corrected chi connectivity index (χ4v) is 10.5. The lowest BCUT2D eigenvalue weighted by Crippen LogP contribution is -2.57. The highest BCUT2D eigenvalue weighted by Crippen LogP contribution is 2.29. The molecule has 0 radical (unpaired) electrons. The van der Waals surface area contributed by atoms with Gasteiger partial charge in [0, 0.05) is 81.8 Å². The molecule has 0 aliphatic carbocycles. The van der Waals surface area contributed by atoms with Gasteiger partial charge in [-0.3, -0.25) is 24.0 Å². The lowest BCUT2D eigenvalue weighted by atomic mass is 9.85. The molecular weight excluding hydrogens is 1110 g/mol. The van der Waals surface area contributed by atoms with E-state index in [1.54, 1.807) is 52.8 Å². The Morgan fingerprint density at radius 1 is 0.741 bits per heavy atom. The summed E-state index contributed by atoms with van der Waals surface area (Å²) >= 11 is 1.60. The van der Waals surface area contributed by atoms with E-state index >= 15 is 0 Å². The van der Waals surface area contributed by atoms with Gasteiger partial charge in [-0.15, -0.1) is 21.5 Å². The number of rotatable bonds is 35. The van der Waals surface area contributed by atoms with Gasteiger partial charge in [-0.1, -0.05) is 70.0 Å². The van der Waals surface area contributed by atoms with Crippen LogP contribution in [-0.4, -0.2) is 129 Å². The van der Waals surface area contributed by atoms with Crippen molar-refractivity contribution in [3.63, 3.8) is 0 Å².